The molecular weight excluding hydrogens is 560 g/mol. The summed E-state index contributed by atoms with van der Waals surface area (Å²) in [5.74, 6) is 4.44. The van der Waals surface area contributed by atoms with Gasteiger partial charge in [-0.15, -0.1) is 0 Å². The minimum absolute atomic E-state index is 0.133. The van der Waals surface area contributed by atoms with Gasteiger partial charge in [-0.3, -0.25) is 4.79 Å². The molecule has 0 heterocycles. The molecule has 1 N–H and O–H groups in total. The van der Waals surface area contributed by atoms with E-state index < -0.39 is 5.97 Å². The van der Waals surface area contributed by atoms with Crippen LogP contribution in [0.1, 0.15) is 220 Å². The first-order valence-corrected chi connectivity index (χ1v) is 21.5. The Bertz CT molecular complexity index is 851. The van der Waals surface area contributed by atoms with Crippen LogP contribution in [0, 0.1) is 52.3 Å². The minimum Gasteiger partial charge on any atom is -0.481 e. The van der Waals surface area contributed by atoms with Crippen LogP contribution in [0.4, 0.5) is 0 Å². The van der Waals surface area contributed by atoms with Crippen LogP contribution in [-0.4, -0.2) is 11.1 Å². The molecule has 9 atom stereocenters. The summed E-state index contributed by atoms with van der Waals surface area (Å²) in [5, 5.41) is 10.2. The Morgan fingerprint density at radius 3 is 1.74 bits per heavy atom. The smallest absolute Gasteiger partial charge is 0.306 e. The summed E-state index contributed by atoms with van der Waals surface area (Å²) in [5.41, 5.74) is 1.07. The number of carboxylic acids is 1. The maximum atomic E-state index is 12.4. The van der Waals surface area contributed by atoms with Crippen molar-refractivity contribution in [3.05, 3.63) is 0 Å². The van der Waals surface area contributed by atoms with Crippen LogP contribution in [0.3, 0.4) is 0 Å². The van der Waals surface area contributed by atoms with Crippen LogP contribution >= 0.6 is 0 Å². The molecule has 2 nitrogen and oxygen atoms in total. The molecule has 2 heteroatoms. The largest absolute Gasteiger partial charge is 0.481 e. The molecule has 0 amide bonds. The Balaban J connectivity index is 1.06. The Morgan fingerprint density at radius 1 is 0.630 bits per heavy atom. The average molecular weight is 641 g/mol. The highest BCUT2D eigenvalue weighted by Gasteiger charge is 2.60. The average Bonchev–Trinajstić information content (AvgIpc) is 3.40. The van der Waals surface area contributed by atoms with Crippen LogP contribution in [-0.2, 0) is 4.79 Å². The molecule has 4 saturated carbocycles. The fourth-order valence-electron chi connectivity index (χ4n) is 12.5. The standard InChI is InChI=1S/C44H80O2/c1-5-6-7-8-9-10-11-12-13-14-15-16-17-18-19-20-21-22-25-36(42(45)46)34-35(2)39-29-30-40-38-28-27-37-26-23-24-32-43(37,3)41(38)31-33-44(39,40)4/h35-41H,5-34H2,1-4H3,(H,45,46)/t35-,36?,37?,38+,39-,40+,41+,43+,44-/m1/s1. The van der Waals surface area contributed by atoms with Crippen LogP contribution in [0.2, 0.25) is 0 Å². The van der Waals surface area contributed by atoms with Crippen molar-refractivity contribution in [2.75, 3.05) is 0 Å². The second kappa shape index (κ2) is 19.6. The molecule has 0 radical (unpaired) electrons. The van der Waals surface area contributed by atoms with Gasteiger partial charge in [-0.25, -0.2) is 0 Å². The molecule has 4 aliphatic rings. The topological polar surface area (TPSA) is 37.3 Å². The van der Waals surface area contributed by atoms with Gasteiger partial charge in [0.25, 0.3) is 0 Å². The number of carbonyl (C=O) groups is 1. The van der Waals surface area contributed by atoms with E-state index in [1.54, 1.807) is 0 Å². The van der Waals surface area contributed by atoms with Gasteiger partial charge in [0.1, 0.15) is 0 Å². The second-order valence-corrected chi connectivity index (χ2v) is 18.2. The Kier molecular flexibility index (Phi) is 16.3. The van der Waals surface area contributed by atoms with Crippen LogP contribution in [0.15, 0.2) is 0 Å². The maximum absolute atomic E-state index is 12.4. The molecule has 0 aliphatic heterocycles. The summed E-state index contributed by atoms with van der Waals surface area (Å²) in [7, 11) is 0. The molecular formula is C44H80O2. The fraction of sp³-hybridized carbons (Fsp3) is 0.977. The zero-order valence-electron chi connectivity index (χ0n) is 31.6. The third kappa shape index (κ3) is 10.2. The monoisotopic (exact) mass is 641 g/mol. The summed E-state index contributed by atoms with van der Waals surface area (Å²) in [6.07, 6.45) is 41.3. The second-order valence-electron chi connectivity index (χ2n) is 18.2. The number of unbranched alkanes of at least 4 members (excludes halogenated alkanes) is 17. The number of hydrogen-bond donors (Lipinski definition) is 1. The van der Waals surface area contributed by atoms with Gasteiger partial charge >= 0.3 is 5.97 Å². The lowest BCUT2D eigenvalue weighted by atomic mass is 9.44. The van der Waals surface area contributed by atoms with Crippen molar-refractivity contribution in [1.82, 2.24) is 0 Å². The van der Waals surface area contributed by atoms with Gasteiger partial charge in [0.05, 0.1) is 5.92 Å². The minimum atomic E-state index is -0.522. The number of aliphatic carboxylic acids is 1. The molecule has 0 spiro atoms. The van der Waals surface area contributed by atoms with Gasteiger partial charge in [-0.05, 0) is 111 Å². The third-order valence-corrected chi connectivity index (χ3v) is 15.3. The number of fused-ring (bicyclic) bond motifs is 5. The normalized spacial score (nSPS) is 33.6. The summed E-state index contributed by atoms with van der Waals surface area (Å²) in [4.78, 5) is 12.4. The molecule has 268 valence electrons. The molecule has 0 aromatic carbocycles. The van der Waals surface area contributed by atoms with Gasteiger partial charge in [-0.2, -0.15) is 0 Å². The SMILES string of the molecule is CCCCCCCCCCCCCCCCCCCCC(C[C@@H](C)[C@H]1CC[C@H]2[C@@H]3CCC4CCCC[C@]4(C)[C@H]3CC[C@]12C)C(=O)O. The van der Waals surface area contributed by atoms with Crippen LogP contribution in [0.5, 0.6) is 0 Å². The summed E-state index contributed by atoms with van der Waals surface area (Å²) in [6.45, 7) is 10.1. The van der Waals surface area contributed by atoms with Crippen molar-refractivity contribution >= 4 is 5.97 Å². The first-order chi connectivity index (χ1) is 22.3. The molecule has 0 aromatic rings. The highest BCUT2D eigenvalue weighted by molar-refractivity contribution is 5.69. The predicted molar refractivity (Wildman–Crippen MR) is 198 cm³/mol. The van der Waals surface area contributed by atoms with E-state index in [1.807, 2.05) is 0 Å². The number of carboxylic acid groups (broad SMARTS) is 1. The summed E-state index contributed by atoms with van der Waals surface area (Å²) >= 11 is 0. The van der Waals surface area contributed by atoms with E-state index in [9.17, 15) is 9.90 Å². The molecule has 0 saturated heterocycles. The molecule has 46 heavy (non-hydrogen) atoms. The van der Waals surface area contributed by atoms with Crippen molar-refractivity contribution in [2.45, 2.75) is 220 Å². The highest BCUT2D eigenvalue weighted by atomic mass is 16.4. The number of hydrogen-bond acceptors (Lipinski definition) is 1. The van der Waals surface area contributed by atoms with E-state index in [1.165, 1.54) is 173 Å². The van der Waals surface area contributed by atoms with Gasteiger partial charge in [0, 0.05) is 0 Å². The van der Waals surface area contributed by atoms with E-state index in [4.69, 9.17) is 0 Å². The maximum Gasteiger partial charge on any atom is 0.306 e. The van der Waals surface area contributed by atoms with E-state index >= 15 is 0 Å². The van der Waals surface area contributed by atoms with Crippen molar-refractivity contribution in [3.8, 4) is 0 Å². The third-order valence-electron chi connectivity index (χ3n) is 15.3. The molecule has 4 rings (SSSR count). The van der Waals surface area contributed by atoms with E-state index in [0.717, 1.165) is 48.9 Å². The summed E-state index contributed by atoms with van der Waals surface area (Å²) in [6, 6.07) is 0. The summed E-state index contributed by atoms with van der Waals surface area (Å²) < 4.78 is 0. The van der Waals surface area contributed by atoms with Gasteiger partial charge < -0.3 is 5.11 Å². The zero-order valence-corrected chi connectivity index (χ0v) is 31.6. The lowest BCUT2D eigenvalue weighted by Crippen LogP contribution is -2.53. The Morgan fingerprint density at radius 2 is 1.17 bits per heavy atom. The van der Waals surface area contributed by atoms with E-state index in [0.29, 0.717) is 16.7 Å². The van der Waals surface area contributed by atoms with Gasteiger partial charge in [0.2, 0.25) is 0 Å². The lowest BCUT2D eigenvalue weighted by Gasteiger charge is -2.61. The first-order valence-electron chi connectivity index (χ1n) is 21.5. The van der Waals surface area contributed by atoms with Crippen molar-refractivity contribution in [3.63, 3.8) is 0 Å². The molecule has 0 aromatic heterocycles. The Labute approximate surface area is 287 Å². The fourth-order valence-corrected chi connectivity index (χ4v) is 12.5. The van der Waals surface area contributed by atoms with Crippen molar-refractivity contribution < 1.29 is 9.90 Å². The predicted octanol–water partition coefficient (Wildman–Crippen LogP) is 14.2. The number of rotatable bonds is 23. The van der Waals surface area contributed by atoms with E-state index in [-0.39, 0.29) is 5.92 Å². The van der Waals surface area contributed by atoms with Crippen molar-refractivity contribution in [2.24, 2.45) is 52.3 Å². The molecule has 4 fully saturated rings. The van der Waals surface area contributed by atoms with Gasteiger partial charge in [-0.1, -0.05) is 156 Å². The molecule has 0 bridgehead atoms. The zero-order chi connectivity index (χ0) is 32.8. The first kappa shape index (κ1) is 38.3. The molecule has 2 unspecified atom stereocenters. The van der Waals surface area contributed by atoms with Gasteiger partial charge in [0.15, 0.2) is 0 Å². The quantitative estimate of drug-likeness (QED) is 0.113. The van der Waals surface area contributed by atoms with Crippen LogP contribution < -0.4 is 0 Å². The molecule has 4 aliphatic carbocycles. The highest BCUT2D eigenvalue weighted by Crippen LogP contribution is 2.68. The van der Waals surface area contributed by atoms with Crippen molar-refractivity contribution in [1.29, 1.82) is 0 Å². The van der Waals surface area contributed by atoms with E-state index in [2.05, 4.69) is 27.7 Å². The lowest BCUT2D eigenvalue weighted by molar-refractivity contribution is -0.143. The van der Waals surface area contributed by atoms with Crippen LogP contribution in [0.25, 0.3) is 0 Å². The Hall–Kier alpha value is -0.530.